The van der Waals surface area contributed by atoms with Crippen molar-refractivity contribution in [3.63, 3.8) is 0 Å². The molecule has 0 saturated heterocycles. The Balaban J connectivity index is 3.44. The van der Waals surface area contributed by atoms with Gasteiger partial charge in [0.05, 0.1) is 0 Å². The van der Waals surface area contributed by atoms with Gasteiger partial charge in [0.15, 0.2) is 0 Å². The molecular formula is C19H30O3. The summed E-state index contributed by atoms with van der Waals surface area (Å²) in [6, 6.07) is 3.91. The molecule has 1 atom stereocenters. The number of esters is 1. The molecular weight excluding hydrogens is 276 g/mol. The molecule has 1 unspecified atom stereocenters. The summed E-state index contributed by atoms with van der Waals surface area (Å²) in [5.41, 5.74) is 2.32. The zero-order chi connectivity index (χ0) is 17.3. The molecule has 3 nitrogen and oxygen atoms in total. The SMILES string of the molecule is CCC(=O)OC(C)c1cc(C(C)(C)C)c(O)c(C(C)(C)C)c1. The summed E-state index contributed by atoms with van der Waals surface area (Å²) in [5, 5.41) is 10.7. The smallest absolute Gasteiger partial charge is 0.306 e. The van der Waals surface area contributed by atoms with E-state index in [1.807, 2.05) is 19.1 Å². The van der Waals surface area contributed by atoms with E-state index in [0.717, 1.165) is 16.7 Å². The number of ether oxygens (including phenoxy) is 1. The van der Waals surface area contributed by atoms with Gasteiger partial charge in [-0.15, -0.1) is 0 Å². The molecule has 0 radical (unpaired) electrons. The van der Waals surface area contributed by atoms with E-state index in [0.29, 0.717) is 12.2 Å². The molecule has 0 aromatic heterocycles. The molecule has 0 fully saturated rings. The number of aromatic hydroxyl groups is 1. The molecule has 1 aromatic rings. The fourth-order valence-electron chi connectivity index (χ4n) is 2.38. The van der Waals surface area contributed by atoms with Gasteiger partial charge >= 0.3 is 5.97 Å². The Morgan fingerprint density at radius 2 is 1.50 bits per heavy atom. The summed E-state index contributed by atoms with van der Waals surface area (Å²) < 4.78 is 5.44. The molecule has 1 rings (SSSR count). The van der Waals surface area contributed by atoms with Crippen molar-refractivity contribution in [1.82, 2.24) is 0 Å². The van der Waals surface area contributed by atoms with E-state index < -0.39 is 0 Å². The van der Waals surface area contributed by atoms with Crippen LogP contribution in [0.5, 0.6) is 5.75 Å². The van der Waals surface area contributed by atoms with Crippen LogP contribution in [-0.4, -0.2) is 11.1 Å². The average molecular weight is 306 g/mol. The number of carbonyl (C=O) groups is 1. The Hall–Kier alpha value is -1.51. The lowest BCUT2D eigenvalue weighted by atomic mass is 9.78. The lowest BCUT2D eigenvalue weighted by Crippen LogP contribution is -2.19. The molecule has 0 aliphatic rings. The largest absolute Gasteiger partial charge is 0.507 e. The van der Waals surface area contributed by atoms with Gasteiger partial charge in [0.1, 0.15) is 11.9 Å². The molecule has 0 spiro atoms. The zero-order valence-electron chi connectivity index (χ0n) is 15.2. The summed E-state index contributed by atoms with van der Waals surface area (Å²) in [7, 11) is 0. The highest BCUT2D eigenvalue weighted by Gasteiger charge is 2.27. The predicted molar refractivity (Wildman–Crippen MR) is 90.3 cm³/mol. The van der Waals surface area contributed by atoms with Gasteiger partial charge in [-0.2, -0.15) is 0 Å². The molecule has 0 saturated carbocycles. The van der Waals surface area contributed by atoms with E-state index in [-0.39, 0.29) is 22.9 Å². The van der Waals surface area contributed by atoms with Crippen LogP contribution in [0.1, 0.15) is 84.6 Å². The van der Waals surface area contributed by atoms with E-state index in [1.165, 1.54) is 0 Å². The van der Waals surface area contributed by atoms with Crippen LogP contribution in [0.3, 0.4) is 0 Å². The number of carbonyl (C=O) groups excluding carboxylic acids is 1. The minimum absolute atomic E-state index is 0.186. The van der Waals surface area contributed by atoms with Crippen LogP contribution in [0.25, 0.3) is 0 Å². The number of rotatable bonds is 3. The predicted octanol–water partition coefficient (Wildman–Crippen LogP) is 5.00. The maximum Gasteiger partial charge on any atom is 0.306 e. The van der Waals surface area contributed by atoms with E-state index >= 15 is 0 Å². The second kappa shape index (κ2) is 6.31. The second-order valence-corrected chi connectivity index (χ2v) is 7.95. The van der Waals surface area contributed by atoms with Crippen LogP contribution >= 0.6 is 0 Å². The molecule has 124 valence electrons. The van der Waals surface area contributed by atoms with Crippen molar-refractivity contribution >= 4 is 5.97 Å². The molecule has 0 amide bonds. The first-order valence-corrected chi connectivity index (χ1v) is 7.95. The van der Waals surface area contributed by atoms with E-state index in [1.54, 1.807) is 6.92 Å². The third-order valence-corrected chi connectivity index (χ3v) is 3.81. The minimum Gasteiger partial charge on any atom is -0.507 e. The molecule has 0 heterocycles. The quantitative estimate of drug-likeness (QED) is 0.799. The lowest BCUT2D eigenvalue weighted by molar-refractivity contribution is -0.148. The van der Waals surface area contributed by atoms with E-state index in [9.17, 15) is 9.90 Å². The van der Waals surface area contributed by atoms with Gasteiger partial charge in [-0.3, -0.25) is 4.79 Å². The van der Waals surface area contributed by atoms with Crippen molar-refractivity contribution in [2.45, 2.75) is 78.7 Å². The summed E-state index contributed by atoms with van der Waals surface area (Å²) in [6.45, 7) is 16.1. The minimum atomic E-state index is -0.324. The fraction of sp³-hybridized carbons (Fsp3) is 0.632. The Morgan fingerprint density at radius 1 is 1.09 bits per heavy atom. The molecule has 0 aliphatic heterocycles. The van der Waals surface area contributed by atoms with Gasteiger partial charge in [0, 0.05) is 6.42 Å². The normalized spacial score (nSPS) is 13.8. The van der Waals surface area contributed by atoms with Gasteiger partial charge in [-0.05, 0) is 46.6 Å². The summed E-state index contributed by atoms with van der Waals surface area (Å²) >= 11 is 0. The topological polar surface area (TPSA) is 46.5 Å². The van der Waals surface area contributed by atoms with Crippen LogP contribution < -0.4 is 0 Å². The number of hydrogen-bond donors (Lipinski definition) is 1. The van der Waals surface area contributed by atoms with Gasteiger partial charge in [0.2, 0.25) is 0 Å². The highest BCUT2D eigenvalue weighted by Crippen LogP contribution is 2.41. The second-order valence-electron chi connectivity index (χ2n) is 7.95. The van der Waals surface area contributed by atoms with Crippen molar-refractivity contribution in [3.8, 4) is 5.75 Å². The molecule has 1 N–H and O–H groups in total. The number of phenolic OH excluding ortho intramolecular Hbond substituents is 1. The third kappa shape index (κ3) is 4.25. The van der Waals surface area contributed by atoms with Crippen LogP contribution in [-0.2, 0) is 20.4 Å². The highest BCUT2D eigenvalue weighted by molar-refractivity contribution is 5.69. The van der Waals surface area contributed by atoms with Crippen molar-refractivity contribution in [2.75, 3.05) is 0 Å². The highest BCUT2D eigenvalue weighted by atomic mass is 16.5. The molecule has 0 aliphatic carbocycles. The molecule has 0 bridgehead atoms. The zero-order valence-corrected chi connectivity index (χ0v) is 15.2. The van der Waals surface area contributed by atoms with Crippen LogP contribution in [0.2, 0.25) is 0 Å². The van der Waals surface area contributed by atoms with Gasteiger partial charge in [-0.1, -0.05) is 48.5 Å². The Kier molecular flexibility index (Phi) is 5.32. The Morgan fingerprint density at radius 3 is 1.82 bits per heavy atom. The van der Waals surface area contributed by atoms with Crippen molar-refractivity contribution in [2.24, 2.45) is 0 Å². The number of hydrogen-bond acceptors (Lipinski definition) is 3. The van der Waals surface area contributed by atoms with Gasteiger partial charge < -0.3 is 9.84 Å². The maximum absolute atomic E-state index is 11.6. The summed E-state index contributed by atoms with van der Waals surface area (Å²) in [6.07, 6.45) is 0.0379. The standard InChI is InChI=1S/C19H30O3/c1-9-16(20)22-12(2)13-10-14(18(3,4)5)17(21)15(11-13)19(6,7)8/h10-12,21H,9H2,1-8H3. The summed E-state index contributed by atoms with van der Waals surface area (Å²) in [5.74, 6) is 0.132. The Bertz CT molecular complexity index is 510. The Labute approximate surface area is 134 Å². The third-order valence-electron chi connectivity index (χ3n) is 3.81. The maximum atomic E-state index is 11.6. The van der Waals surface area contributed by atoms with Crippen LogP contribution in [0.15, 0.2) is 12.1 Å². The van der Waals surface area contributed by atoms with Gasteiger partial charge in [-0.25, -0.2) is 0 Å². The monoisotopic (exact) mass is 306 g/mol. The van der Waals surface area contributed by atoms with Crippen LogP contribution in [0, 0.1) is 0 Å². The van der Waals surface area contributed by atoms with Crippen LogP contribution in [0.4, 0.5) is 0 Å². The van der Waals surface area contributed by atoms with Crippen molar-refractivity contribution in [1.29, 1.82) is 0 Å². The van der Waals surface area contributed by atoms with E-state index in [2.05, 4.69) is 41.5 Å². The first-order valence-electron chi connectivity index (χ1n) is 7.95. The van der Waals surface area contributed by atoms with E-state index in [4.69, 9.17) is 4.74 Å². The van der Waals surface area contributed by atoms with Gasteiger partial charge in [0.25, 0.3) is 0 Å². The molecule has 1 aromatic carbocycles. The van der Waals surface area contributed by atoms with Crippen molar-refractivity contribution in [3.05, 3.63) is 28.8 Å². The molecule has 22 heavy (non-hydrogen) atoms. The first-order chi connectivity index (χ1) is 9.87. The fourth-order valence-corrected chi connectivity index (χ4v) is 2.38. The summed E-state index contributed by atoms with van der Waals surface area (Å²) in [4.78, 5) is 11.6. The van der Waals surface area contributed by atoms with Crippen molar-refractivity contribution < 1.29 is 14.6 Å². The number of phenols is 1. The first kappa shape index (κ1) is 18.5. The lowest BCUT2D eigenvalue weighted by Gasteiger charge is -2.29. The molecule has 3 heteroatoms. The number of benzene rings is 1. The average Bonchev–Trinajstić information content (AvgIpc) is 2.35.